The number of alkyl halides is 2. The SMILES string of the molecule is N#Cc1ccc2cc(Br)c(C(F)(F)OP(=O)(O)O)cc2n1. The summed E-state index contributed by atoms with van der Waals surface area (Å²) in [5.74, 6) is 0. The number of halogens is 3. The van der Waals surface area contributed by atoms with E-state index < -0.39 is 19.5 Å². The van der Waals surface area contributed by atoms with E-state index in [1.165, 1.54) is 18.2 Å². The largest absolute Gasteiger partial charge is 0.474 e. The van der Waals surface area contributed by atoms with Gasteiger partial charge in [-0.15, -0.1) is 0 Å². The van der Waals surface area contributed by atoms with Gasteiger partial charge in [-0.25, -0.2) is 14.1 Å². The second kappa shape index (κ2) is 5.40. The molecule has 1 heterocycles. The Bertz CT molecular complexity index is 803. The highest BCUT2D eigenvalue weighted by Crippen LogP contribution is 2.49. The van der Waals surface area contributed by atoms with Crippen LogP contribution in [0.5, 0.6) is 0 Å². The molecule has 110 valence electrons. The number of nitrogens with zero attached hydrogens (tertiary/aromatic N) is 2. The van der Waals surface area contributed by atoms with Crippen LogP contribution < -0.4 is 0 Å². The van der Waals surface area contributed by atoms with Crippen molar-refractivity contribution in [3.8, 4) is 6.07 Å². The Hall–Kier alpha value is -1.43. The third-order valence-electron chi connectivity index (χ3n) is 2.44. The minimum atomic E-state index is -5.39. The molecule has 2 N–H and O–H groups in total. The standard InChI is InChI=1S/C11H6BrF2N2O4P/c12-9-3-6-1-2-7(5-15)16-10(6)4-8(9)11(13,14)20-21(17,18)19/h1-4H,(H2,17,18,19). The van der Waals surface area contributed by atoms with Crippen LogP contribution in [0.4, 0.5) is 8.78 Å². The fraction of sp³-hybridized carbons (Fsp3) is 0.0909. The van der Waals surface area contributed by atoms with E-state index in [-0.39, 0.29) is 15.7 Å². The number of phosphoric ester groups is 1. The molecular weight excluding hydrogens is 373 g/mol. The first kappa shape index (κ1) is 15.9. The van der Waals surface area contributed by atoms with Gasteiger partial charge in [-0.2, -0.15) is 14.0 Å². The molecule has 21 heavy (non-hydrogen) atoms. The molecule has 2 rings (SSSR count). The van der Waals surface area contributed by atoms with Gasteiger partial charge in [0.05, 0.1) is 11.1 Å². The topological polar surface area (TPSA) is 103 Å². The maximum Gasteiger partial charge on any atom is 0.474 e. The molecule has 0 radical (unpaired) electrons. The van der Waals surface area contributed by atoms with E-state index in [4.69, 9.17) is 15.0 Å². The molecule has 0 unspecified atom stereocenters. The van der Waals surface area contributed by atoms with Crippen LogP contribution in [-0.2, 0) is 15.2 Å². The van der Waals surface area contributed by atoms with Crippen molar-refractivity contribution in [1.29, 1.82) is 5.26 Å². The average Bonchev–Trinajstić information content (AvgIpc) is 2.34. The number of hydrogen-bond donors (Lipinski definition) is 2. The molecule has 0 aliphatic heterocycles. The zero-order chi connectivity index (χ0) is 15.8. The molecule has 0 saturated heterocycles. The van der Waals surface area contributed by atoms with Crippen molar-refractivity contribution < 1.29 is 27.7 Å². The van der Waals surface area contributed by atoms with E-state index in [9.17, 15) is 13.3 Å². The summed E-state index contributed by atoms with van der Waals surface area (Å²) < 4.78 is 41.6. The third-order valence-corrected chi connectivity index (χ3v) is 3.56. The van der Waals surface area contributed by atoms with E-state index in [1.54, 1.807) is 6.07 Å². The molecule has 10 heteroatoms. The second-order valence-electron chi connectivity index (χ2n) is 3.93. The number of aromatic nitrogens is 1. The molecule has 0 aliphatic rings. The van der Waals surface area contributed by atoms with Crippen LogP contribution in [0.1, 0.15) is 11.3 Å². The van der Waals surface area contributed by atoms with E-state index >= 15 is 0 Å². The van der Waals surface area contributed by atoms with Crippen molar-refractivity contribution in [3.05, 3.63) is 40.0 Å². The minimum absolute atomic E-state index is 0.0231. The van der Waals surface area contributed by atoms with Gasteiger partial charge in [0.25, 0.3) is 0 Å². The lowest BCUT2D eigenvalue weighted by atomic mass is 10.1. The quantitative estimate of drug-likeness (QED) is 0.795. The highest BCUT2D eigenvalue weighted by atomic mass is 79.9. The first-order valence-corrected chi connectivity index (χ1v) is 7.60. The van der Waals surface area contributed by atoms with Crippen LogP contribution in [0.2, 0.25) is 0 Å². The zero-order valence-electron chi connectivity index (χ0n) is 10.00. The smallest absolute Gasteiger partial charge is 0.303 e. The molecule has 0 atom stereocenters. The van der Waals surface area contributed by atoms with Gasteiger partial charge in [-0.3, -0.25) is 0 Å². The molecule has 2 aromatic rings. The summed E-state index contributed by atoms with van der Waals surface area (Å²) in [6.45, 7) is 0. The van der Waals surface area contributed by atoms with Crippen LogP contribution in [0.3, 0.4) is 0 Å². The van der Waals surface area contributed by atoms with Gasteiger partial charge >= 0.3 is 13.9 Å². The first-order valence-electron chi connectivity index (χ1n) is 5.27. The third kappa shape index (κ3) is 3.61. The number of rotatable bonds is 3. The number of phosphoric acid groups is 1. The van der Waals surface area contributed by atoms with Gasteiger partial charge in [0, 0.05) is 9.86 Å². The van der Waals surface area contributed by atoms with Crippen molar-refractivity contribution >= 4 is 34.7 Å². The molecule has 0 amide bonds. The molecular formula is C11H6BrF2N2O4P. The van der Waals surface area contributed by atoms with Crippen LogP contribution in [-0.4, -0.2) is 14.8 Å². The Morgan fingerprint density at radius 3 is 2.62 bits per heavy atom. The van der Waals surface area contributed by atoms with Crippen molar-refractivity contribution in [1.82, 2.24) is 4.98 Å². The van der Waals surface area contributed by atoms with Crippen LogP contribution >= 0.6 is 23.8 Å². The summed E-state index contributed by atoms with van der Waals surface area (Å²) in [5, 5.41) is 9.21. The fourth-order valence-electron chi connectivity index (χ4n) is 1.63. The molecule has 0 saturated carbocycles. The maximum atomic E-state index is 13.8. The van der Waals surface area contributed by atoms with Crippen LogP contribution in [0.25, 0.3) is 10.9 Å². The number of hydrogen-bond acceptors (Lipinski definition) is 4. The van der Waals surface area contributed by atoms with Gasteiger partial charge in [0.1, 0.15) is 11.8 Å². The Morgan fingerprint density at radius 2 is 2.05 bits per heavy atom. The van der Waals surface area contributed by atoms with Crippen molar-refractivity contribution in [2.45, 2.75) is 6.11 Å². The molecule has 6 nitrogen and oxygen atoms in total. The number of nitriles is 1. The summed E-state index contributed by atoms with van der Waals surface area (Å²) in [6, 6.07) is 6.88. The van der Waals surface area contributed by atoms with E-state index in [0.29, 0.717) is 5.39 Å². The molecule has 0 fully saturated rings. The Labute approximate surface area is 125 Å². The summed E-state index contributed by atoms with van der Waals surface area (Å²) >= 11 is 2.89. The number of fused-ring (bicyclic) bond motifs is 1. The maximum absolute atomic E-state index is 13.8. The average molecular weight is 379 g/mol. The Balaban J connectivity index is 2.61. The predicted molar refractivity (Wildman–Crippen MR) is 71.2 cm³/mol. The monoisotopic (exact) mass is 378 g/mol. The van der Waals surface area contributed by atoms with E-state index in [1.807, 2.05) is 0 Å². The summed E-state index contributed by atoms with van der Waals surface area (Å²) in [6.07, 6.45) is -4.23. The van der Waals surface area contributed by atoms with Gasteiger partial charge in [0.2, 0.25) is 0 Å². The predicted octanol–water partition coefficient (Wildman–Crippen LogP) is 3.03. The minimum Gasteiger partial charge on any atom is -0.303 e. The van der Waals surface area contributed by atoms with Crippen LogP contribution in [0, 0.1) is 11.3 Å². The fourth-order valence-corrected chi connectivity index (χ4v) is 2.62. The summed E-state index contributed by atoms with van der Waals surface area (Å²) in [7, 11) is -5.39. The lowest BCUT2D eigenvalue weighted by Gasteiger charge is -2.19. The van der Waals surface area contributed by atoms with Gasteiger partial charge in [-0.05, 0) is 24.3 Å². The normalized spacial score (nSPS) is 12.4. The van der Waals surface area contributed by atoms with Crippen molar-refractivity contribution in [2.75, 3.05) is 0 Å². The van der Waals surface area contributed by atoms with E-state index in [0.717, 1.165) is 6.07 Å². The zero-order valence-corrected chi connectivity index (χ0v) is 12.5. The second-order valence-corrected chi connectivity index (χ2v) is 5.95. The lowest BCUT2D eigenvalue weighted by molar-refractivity contribution is -0.196. The molecule has 0 aliphatic carbocycles. The highest BCUT2D eigenvalue weighted by Gasteiger charge is 2.42. The van der Waals surface area contributed by atoms with Gasteiger partial charge in [0.15, 0.2) is 0 Å². The lowest BCUT2D eigenvalue weighted by Crippen LogP contribution is -2.17. The first-order chi connectivity index (χ1) is 9.62. The molecule has 0 spiro atoms. The van der Waals surface area contributed by atoms with Gasteiger partial charge < -0.3 is 9.79 Å². The molecule has 0 bridgehead atoms. The summed E-state index contributed by atoms with van der Waals surface area (Å²) in [5.41, 5.74) is -0.711. The Morgan fingerprint density at radius 1 is 1.38 bits per heavy atom. The molecule has 1 aromatic heterocycles. The van der Waals surface area contributed by atoms with Gasteiger partial charge in [-0.1, -0.05) is 15.9 Å². The number of benzene rings is 1. The Kier molecular flexibility index (Phi) is 4.10. The highest BCUT2D eigenvalue weighted by molar-refractivity contribution is 9.10. The van der Waals surface area contributed by atoms with Crippen molar-refractivity contribution in [2.24, 2.45) is 0 Å². The van der Waals surface area contributed by atoms with E-state index in [2.05, 4.69) is 25.4 Å². The number of pyridine rings is 1. The van der Waals surface area contributed by atoms with Crippen molar-refractivity contribution in [3.63, 3.8) is 0 Å². The molecule has 1 aromatic carbocycles. The van der Waals surface area contributed by atoms with Crippen LogP contribution in [0.15, 0.2) is 28.7 Å². The summed E-state index contributed by atoms with van der Waals surface area (Å²) in [4.78, 5) is 20.9.